The van der Waals surface area contributed by atoms with Crippen molar-refractivity contribution >= 4 is 47.2 Å². The van der Waals surface area contributed by atoms with Gasteiger partial charge in [-0.3, -0.25) is 19.2 Å². The number of amides is 6. The minimum Gasteiger partial charge on any atom is -0.410 e. The van der Waals surface area contributed by atoms with E-state index >= 15 is 0 Å². The highest BCUT2D eigenvalue weighted by atomic mass is 16.6. The van der Waals surface area contributed by atoms with Crippen LogP contribution in [0.4, 0.5) is 21.0 Å². The molecule has 0 bridgehead atoms. The Hall–Kier alpha value is -5.26. The van der Waals surface area contributed by atoms with Crippen molar-refractivity contribution < 1.29 is 38.2 Å². The fourth-order valence-corrected chi connectivity index (χ4v) is 6.24. The third-order valence-electron chi connectivity index (χ3n) is 7.65. The summed E-state index contributed by atoms with van der Waals surface area (Å²) in [6.45, 7) is 6.54. The Morgan fingerprint density at radius 3 is 1.59 bits per heavy atom. The maximum absolute atomic E-state index is 12.8. The van der Waals surface area contributed by atoms with Crippen LogP contribution in [-0.4, -0.2) is 48.4 Å². The normalized spacial score (nSPS) is 22.4. The molecule has 2 N–H and O–H groups in total. The van der Waals surface area contributed by atoms with Crippen LogP contribution in [0.1, 0.15) is 40.0 Å². The summed E-state index contributed by atoms with van der Waals surface area (Å²) in [6, 6.07) is 11.9. The molecule has 0 spiro atoms. The summed E-state index contributed by atoms with van der Waals surface area (Å²) in [4.78, 5) is 74.9. The molecular formula is C32H32N4O8. The van der Waals surface area contributed by atoms with Crippen molar-refractivity contribution in [2.75, 3.05) is 16.3 Å². The number of hydrogen-bond acceptors (Lipinski definition) is 8. The zero-order valence-electron chi connectivity index (χ0n) is 24.5. The Morgan fingerprint density at radius 1 is 0.705 bits per heavy atom. The molecule has 0 aromatic heterocycles. The first-order valence-corrected chi connectivity index (χ1v) is 14.1. The van der Waals surface area contributed by atoms with Gasteiger partial charge in [-0.15, -0.1) is 0 Å². The lowest BCUT2D eigenvalue weighted by atomic mass is 9.62. The number of nitrogens with zero attached hydrogens (tertiary/aromatic N) is 2. The Labute approximate surface area is 253 Å². The quantitative estimate of drug-likeness (QED) is 0.453. The van der Waals surface area contributed by atoms with Crippen molar-refractivity contribution in [2.45, 2.75) is 46.1 Å². The van der Waals surface area contributed by atoms with Crippen LogP contribution in [0, 0.1) is 10.8 Å². The van der Waals surface area contributed by atoms with E-state index in [9.17, 15) is 28.8 Å². The van der Waals surface area contributed by atoms with E-state index in [2.05, 4.69) is 24.5 Å². The van der Waals surface area contributed by atoms with Crippen LogP contribution in [-0.2, 0) is 19.2 Å². The second-order valence-electron chi connectivity index (χ2n) is 12.2. The van der Waals surface area contributed by atoms with Crippen LogP contribution >= 0.6 is 0 Å². The van der Waals surface area contributed by atoms with Crippen molar-refractivity contribution in [1.82, 2.24) is 10.6 Å². The summed E-state index contributed by atoms with van der Waals surface area (Å²) in [7, 11) is 0. The molecular weight excluding hydrogens is 568 g/mol. The first-order valence-electron chi connectivity index (χ1n) is 14.1. The summed E-state index contributed by atoms with van der Waals surface area (Å²) < 4.78 is 10.9. The van der Waals surface area contributed by atoms with Gasteiger partial charge >= 0.3 is 12.2 Å². The van der Waals surface area contributed by atoms with E-state index < -0.39 is 35.8 Å². The molecule has 44 heavy (non-hydrogen) atoms. The van der Waals surface area contributed by atoms with Crippen LogP contribution in [0.25, 0.3) is 0 Å². The molecule has 1 fully saturated rings. The van der Waals surface area contributed by atoms with E-state index in [1.54, 1.807) is 0 Å². The van der Waals surface area contributed by atoms with Crippen LogP contribution in [0.2, 0.25) is 0 Å². The second-order valence-corrected chi connectivity index (χ2v) is 12.2. The summed E-state index contributed by atoms with van der Waals surface area (Å²) in [5, 5.41) is 5.76. The Morgan fingerprint density at radius 2 is 1.14 bits per heavy atom. The number of imide groups is 2. The van der Waals surface area contributed by atoms with Gasteiger partial charge in [-0.25, -0.2) is 19.4 Å². The van der Waals surface area contributed by atoms with Gasteiger partial charge in [0.25, 0.3) is 23.6 Å². The number of rotatable bonds is 7. The van der Waals surface area contributed by atoms with Crippen molar-refractivity contribution in [2.24, 2.45) is 10.8 Å². The molecule has 6 amide bonds. The molecule has 1 aliphatic carbocycles. The van der Waals surface area contributed by atoms with Crippen LogP contribution in [0.3, 0.4) is 0 Å². The van der Waals surface area contributed by atoms with E-state index in [4.69, 9.17) is 9.47 Å². The molecule has 2 aliphatic heterocycles. The topological polar surface area (TPSA) is 151 Å². The third kappa shape index (κ3) is 6.86. The molecule has 2 unspecified atom stereocenters. The largest absolute Gasteiger partial charge is 0.412 e. The van der Waals surface area contributed by atoms with Gasteiger partial charge in [0.15, 0.2) is 0 Å². The molecule has 3 aliphatic rings. The minimum absolute atomic E-state index is 0.143. The molecule has 1 saturated carbocycles. The lowest BCUT2D eigenvalue weighted by Gasteiger charge is -2.46. The highest BCUT2D eigenvalue weighted by molar-refractivity contribution is 6.28. The Bertz CT molecular complexity index is 1540. The van der Waals surface area contributed by atoms with Crippen molar-refractivity contribution in [1.29, 1.82) is 0 Å². The molecule has 0 saturated heterocycles. The average molecular weight is 601 g/mol. The lowest BCUT2D eigenvalue weighted by molar-refractivity contribution is -0.121. The number of benzene rings is 2. The third-order valence-corrected chi connectivity index (χ3v) is 7.65. The maximum atomic E-state index is 12.8. The monoisotopic (exact) mass is 600 g/mol. The second kappa shape index (κ2) is 11.8. The van der Waals surface area contributed by atoms with Crippen LogP contribution in [0.15, 0.2) is 72.8 Å². The van der Waals surface area contributed by atoms with Gasteiger partial charge in [-0.2, -0.15) is 0 Å². The van der Waals surface area contributed by atoms with E-state index in [1.807, 2.05) is 6.92 Å². The van der Waals surface area contributed by atoms with Gasteiger partial charge in [0.1, 0.15) is 11.5 Å². The number of hydrogen-bond donors (Lipinski definition) is 2. The van der Waals surface area contributed by atoms with Gasteiger partial charge in [0.2, 0.25) is 0 Å². The van der Waals surface area contributed by atoms with Crippen molar-refractivity contribution in [3.63, 3.8) is 0 Å². The van der Waals surface area contributed by atoms with Gasteiger partial charge in [-0.1, -0.05) is 20.8 Å². The molecule has 2 aromatic carbocycles. The van der Waals surface area contributed by atoms with Gasteiger partial charge < -0.3 is 20.1 Å². The van der Waals surface area contributed by atoms with Gasteiger partial charge in [0.05, 0.1) is 11.4 Å². The highest BCUT2D eigenvalue weighted by Gasteiger charge is 2.42. The zero-order valence-corrected chi connectivity index (χ0v) is 24.5. The highest BCUT2D eigenvalue weighted by Crippen LogP contribution is 2.45. The molecule has 2 atom stereocenters. The molecule has 5 rings (SSSR count). The molecule has 228 valence electrons. The van der Waals surface area contributed by atoms with Gasteiger partial charge in [0, 0.05) is 36.9 Å². The number of carbonyl (C=O) groups is 6. The van der Waals surface area contributed by atoms with Crippen LogP contribution in [0.5, 0.6) is 11.5 Å². The fourth-order valence-electron chi connectivity index (χ4n) is 6.24. The first-order chi connectivity index (χ1) is 20.8. The number of nitrogens with one attached hydrogen (secondary N) is 2. The predicted molar refractivity (Wildman–Crippen MR) is 159 cm³/mol. The molecule has 2 heterocycles. The zero-order chi connectivity index (χ0) is 31.6. The standard InChI is InChI=1S/C32H32N4O8/c1-31(2)16-20(34-30(42)44-24-10-6-22(7-11-24)36-27(39)14-15-28(36)40)17-32(3,18-31)19-33-29(41)43-23-8-4-21(5-9-23)35-25(37)12-13-26(35)38/h4-15,20H,16-19H2,1-3H3,(H,33,41)(H,34,42). The van der Waals surface area contributed by atoms with Gasteiger partial charge in [-0.05, 0) is 78.6 Å². The van der Waals surface area contributed by atoms with Crippen LogP contribution < -0.4 is 29.9 Å². The summed E-state index contributed by atoms with van der Waals surface area (Å²) in [5.41, 5.74) is 0.238. The molecule has 2 aromatic rings. The van der Waals surface area contributed by atoms with Crippen molar-refractivity contribution in [3.05, 3.63) is 72.8 Å². The van der Waals surface area contributed by atoms with E-state index in [-0.39, 0.29) is 28.4 Å². The predicted octanol–water partition coefficient (Wildman–Crippen LogP) is 4.01. The van der Waals surface area contributed by atoms with E-state index in [0.29, 0.717) is 30.8 Å². The first kappa shape index (κ1) is 30.2. The number of anilines is 2. The SMILES string of the molecule is CC1(C)CC(NC(=O)Oc2ccc(N3C(=O)C=CC3=O)cc2)CC(C)(CNC(=O)Oc2ccc(N3C(=O)C=CC3=O)cc2)C1. The number of carbonyl (C=O) groups excluding carboxylic acids is 6. The Kier molecular flexibility index (Phi) is 8.09. The summed E-state index contributed by atoms with van der Waals surface area (Å²) in [6.07, 6.45) is 5.56. The van der Waals surface area contributed by atoms with E-state index in [1.165, 1.54) is 72.8 Å². The maximum Gasteiger partial charge on any atom is 0.412 e. The van der Waals surface area contributed by atoms with E-state index in [0.717, 1.165) is 16.2 Å². The minimum atomic E-state index is -0.655. The summed E-state index contributed by atoms with van der Waals surface area (Å²) in [5.74, 6) is -1.24. The Balaban J connectivity index is 1.13. The summed E-state index contributed by atoms with van der Waals surface area (Å²) >= 11 is 0. The smallest absolute Gasteiger partial charge is 0.410 e. The number of ether oxygens (including phenoxy) is 2. The molecule has 12 heteroatoms. The van der Waals surface area contributed by atoms with Crippen molar-refractivity contribution in [3.8, 4) is 11.5 Å². The molecule has 0 radical (unpaired) electrons. The lowest BCUT2D eigenvalue weighted by Crippen LogP contribution is -2.51. The fraction of sp³-hybridized carbons (Fsp3) is 0.312. The molecule has 12 nitrogen and oxygen atoms in total. The average Bonchev–Trinajstić information content (AvgIpc) is 3.46.